The second kappa shape index (κ2) is 9.85. The molecule has 0 heterocycles. The van der Waals surface area contributed by atoms with Crippen molar-refractivity contribution in [3.05, 3.63) is 95.1 Å². The summed E-state index contributed by atoms with van der Waals surface area (Å²) >= 11 is 0. The predicted molar refractivity (Wildman–Crippen MR) is 112 cm³/mol. The maximum atomic E-state index is 14.4. The van der Waals surface area contributed by atoms with Gasteiger partial charge in [0.1, 0.15) is 11.6 Å². The summed E-state index contributed by atoms with van der Waals surface area (Å²) in [7, 11) is 0. The van der Waals surface area contributed by atoms with Gasteiger partial charge in [0.25, 0.3) is 0 Å². The molecule has 0 saturated heterocycles. The van der Waals surface area contributed by atoms with E-state index < -0.39 is 0 Å². The first-order valence-corrected chi connectivity index (χ1v) is 9.82. The maximum absolute atomic E-state index is 14.4. The van der Waals surface area contributed by atoms with E-state index in [0.29, 0.717) is 16.7 Å². The Kier molecular flexibility index (Phi) is 6.98. The summed E-state index contributed by atoms with van der Waals surface area (Å²) in [6.07, 6.45) is 6.14. The molecular weight excluding hydrogens is 350 g/mol. The van der Waals surface area contributed by atoms with E-state index in [9.17, 15) is 8.78 Å². The first kappa shape index (κ1) is 19.8. The van der Waals surface area contributed by atoms with Crippen LogP contribution in [0.2, 0.25) is 0 Å². The molecule has 28 heavy (non-hydrogen) atoms. The lowest BCUT2D eigenvalue weighted by atomic mass is 10.0. The van der Waals surface area contributed by atoms with Crippen molar-refractivity contribution < 1.29 is 8.78 Å². The van der Waals surface area contributed by atoms with Crippen molar-refractivity contribution in [3.8, 4) is 23.0 Å². The Morgan fingerprint density at radius 2 is 1.39 bits per heavy atom. The fourth-order valence-electron chi connectivity index (χ4n) is 3.11. The molecule has 0 atom stereocenters. The van der Waals surface area contributed by atoms with Crippen LogP contribution in [0.1, 0.15) is 49.3 Å². The number of halogens is 2. The third-order valence-corrected chi connectivity index (χ3v) is 4.75. The number of hydrogen-bond donors (Lipinski definition) is 0. The molecule has 0 amide bonds. The predicted octanol–water partition coefficient (Wildman–Crippen LogP) is 7.15. The van der Waals surface area contributed by atoms with E-state index in [1.807, 2.05) is 12.1 Å². The average molecular weight is 374 g/mol. The minimum atomic E-state index is -0.360. The van der Waals surface area contributed by atoms with Gasteiger partial charge in [-0.3, -0.25) is 0 Å². The highest BCUT2D eigenvalue weighted by Crippen LogP contribution is 2.23. The van der Waals surface area contributed by atoms with Gasteiger partial charge in [0.05, 0.1) is 0 Å². The lowest BCUT2D eigenvalue weighted by molar-refractivity contribution is 0.625. The Morgan fingerprint density at radius 1 is 0.714 bits per heavy atom. The van der Waals surface area contributed by atoms with Gasteiger partial charge in [-0.1, -0.05) is 68.4 Å². The number of hydrogen-bond acceptors (Lipinski definition) is 0. The summed E-state index contributed by atoms with van der Waals surface area (Å²) in [4.78, 5) is 0. The average Bonchev–Trinajstić information content (AvgIpc) is 2.71. The van der Waals surface area contributed by atoms with E-state index >= 15 is 0 Å². The topological polar surface area (TPSA) is 0 Å². The molecule has 0 N–H and O–H groups in total. The van der Waals surface area contributed by atoms with E-state index in [0.717, 1.165) is 12.0 Å². The summed E-state index contributed by atoms with van der Waals surface area (Å²) in [6, 6.07) is 19.0. The number of aryl methyl sites for hydroxylation is 1. The quantitative estimate of drug-likeness (QED) is 0.317. The van der Waals surface area contributed by atoms with Gasteiger partial charge in [-0.2, -0.15) is 0 Å². The second-order valence-corrected chi connectivity index (χ2v) is 6.96. The van der Waals surface area contributed by atoms with Crippen LogP contribution in [0.25, 0.3) is 11.1 Å². The summed E-state index contributed by atoms with van der Waals surface area (Å²) < 4.78 is 27.5. The zero-order valence-corrected chi connectivity index (χ0v) is 16.1. The standard InChI is InChI=1S/C26H24F2/c1-2-3-4-5-6-20-7-9-21(10-8-20)11-12-22-13-18-25(26(28)19-22)23-14-16-24(27)17-15-23/h7-10,13-19H,2-6H2,1H3. The first-order valence-electron chi connectivity index (χ1n) is 9.82. The monoisotopic (exact) mass is 374 g/mol. The molecule has 0 nitrogen and oxygen atoms in total. The Balaban J connectivity index is 1.67. The highest BCUT2D eigenvalue weighted by Gasteiger charge is 2.05. The van der Waals surface area contributed by atoms with E-state index in [1.54, 1.807) is 24.3 Å². The van der Waals surface area contributed by atoms with Crippen LogP contribution in [0.4, 0.5) is 8.78 Å². The van der Waals surface area contributed by atoms with Crippen LogP contribution >= 0.6 is 0 Å². The Labute approximate surface area is 166 Å². The molecule has 2 heteroatoms. The SMILES string of the molecule is CCCCCCc1ccc(C#Cc2ccc(-c3ccc(F)cc3)c(F)c2)cc1. The number of benzene rings is 3. The Morgan fingerprint density at radius 3 is 2.07 bits per heavy atom. The van der Waals surface area contributed by atoms with Crippen molar-refractivity contribution in [3.63, 3.8) is 0 Å². The Hall–Kier alpha value is -2.92. The molecule has 0 spiro atoms. The van der Waals surface area contributed by atoms with Crippen LogP contribution in [0, 0.1) is 23.5 Å². The second-order valence-electron chi connectivity index (χ2n) is 6.96. The molecular formula is C26H24F2. The Bertz CT molecular complexity index is 958. The zero-order chi connectivity index (χ0) is 19.8. The maximum Gasteiger partial charge on any atom is 0.132 e. The summed E-state index contributed by atoms with van der Waals surface area (Å²) in [5.74, 6) is 5.42. The molecule has 3 rings (SSSR count). The van der Waals surface area contributed by atoms with Crippen molar-refractivity contribution in [2.45, 2.75) is 39.0 Å². The molecule has 0 saturated carbocycles. The van der Waals surface area contributed by atoms with E-state index in [-0.39, 0.29) is 11.6 Å². The fourth-order valence-corrected chi connectivity index (χ4v) is 3.11. The van der Waals surface area contributed by atoms with Crippen molar-refractivity contribution in [1.29, 1.82) is 0 Å². The number of rotatable bonds is 6. The van der Waals surface area contributed by atoms with E-state index in [2.05, 4.69) is 30.9 Å². The number of unbranched alkanes of at least 4 members (excludes halogenated alkanes) is 3. The lowest BCUT2D eigenvalue weighted by Crippen LogP contribution is -1.87. The van der Waals surface area contributed by atoms with Crippen molar-refractivity contribution in [1.82, 2.24) is 0 Å². The first-order chi connectivity index (χ1) is 13.7. The molecule has 0 radical (unpaired) electrons. The molecule has 0 unspecified atom stereocenters. The van der Waals surface area contributed by atoms with Crippen LogP contribution in [0.5, 0.6) is 0 Å². The molecule has 0 fully saturated rings. The molecule has 3 aromatic carbocycles. The lowest BCUT2D eigenvalue weighted by Gasteiger charge is -2.04. The molecule has 0 aliphatic heterocycles. The minimum Gasteiger partial charge on any atom is -0.207 e. The van der Waals surface area contributed by atoms with Gasteiger partial charge in [-0.05, 0) is 60.4 Å². The highest BCUT2D eigenvalue weighted by atomic mass is 19.1. The third kappa shape index (κ3) is 5.54. The van der Waals surface area contributed by atoms with Crippen LogP contribution in [-0.2, 0) is 6.42 Å². The normalized spacial score (nSPS) is 10.4. The van der Waals surface area contributed by atoms with Crippen LogP contribution in [0.3, 0.4) is 0 Å². The molecule has 0 aliphatic rings. The van der Waals surface area contributed by atoms with Gasteiger partial charge in [-0.15, -0.1) is 0 Å². The van der Waals surface area contributed by atoms with Crippen molar-refractivity contribution in [2.24, 2.45) is 0 Å². The third-order valence-electron chi connectivity index (χ3n) is 4.75. The molecule has 0 bridgehead atoms. The largest absolute Gasteiger partial charge is 0.207 e. The van der Waals surface area contributed by atoms with Gasteiger partial charge in [0.2, 0.25) is 0 Å². The fraction of sp³-hybridized carbons (Fsp3) is 0.231. The van der Waals surface area contributed by atoms with E-state index in [1.165, 1.54) is 49.4 Å². The van der Waals surface area contributed by atoms with E-state index in [4.69, 9.17) is 0 Å². The van der Waals surface area contributed by atoms with Gasteiger partial charge >= 0.3 is 0 Å². The summed E-state index contributed by atoms with van der Waals surface area (Å²) in [5.41, 5.74) is 3.95. The molecule has 0 aromatic heterocycles. The van der Waals surface area contributed by atoms with Crippen LogP contribution in [0.15, 0.2) is 66.7 Å². The van der Waals surface area contributed by atoms with Crippen molar-refractivity contribution >= 4 is 0 Å². The van der Waals surface area contributed by atoms with Crippen molar-refractivity contribution in [2.75, 3.05) is 0 Å². The molecule has 142 valence electrons. The van der Waals surface area contributed by atoms with Gasteiger partial charge in [0, 0.05) is 16.7 Å². The molecule has 3 aromatic rings. The molecule has 0 aliphatic carbocycles. The van der Waals surface area contributed by atoms with Gasteiger partial charge in [-0.25, -0.2) is 8.78 Å². The van der Waals surface area contributed by atoms with Crippen LogP contribution < -0.4 is 0 Å². The smallest absolute Gasteiger partial charge is 0.132 e. The zero-order valence-electron chi connectivity index (χ0n) is 16.1. The van der Waals surface area contributed by atoms with Gasteiger partial charge < -0.3 is 0 Å². The minimum absolute atomic E-state index is 0.335. The van der Waals surface area contributed by atoms with Gasteiger partial charge in [0.15, 0.2) is 0 Å². The van der Waals surface area contributed by atoms with Crippen LogP contribution in [-0.4, -0.2) is 0 Å². The summed E-state index contributed by atoms with van der Waals surface area (Å²) in [6.45, 7) is 2.22. The highest BCUT2D eigenvalue weighted by molar-refractivity contribution is 5.65. The summed E-state index contributed by atoms with van der Waals surface area (Å²) in [5, 5.41) is 0.